The van der Waals surface area contributed by atoms with Gasteiger partial charge in [-0.3, -0.25) is 14.4 Å². The number of hydrogen-bond acceptors (Lipinski definition) is 4. The molecule has 72 valence electrons. The molecule has 0 spiro atoms. The quantitative estimate of drug-likeness (QED) is 0.321. The lowest BCUT2D eigenvalue weighted by Crippen LogP contribution is -2.25. The minimum atomic E-state index is -0.919. The van der Waals surface area contributed by atoms with Crippen LogP contribution in [0.5, 0.6) is 0 Å². The van der Waals surface area contributed by atoms with Crippen molar-refractivity contribution in [3.63, 3.8) is 0 Å². The lowest BCUT2D eigenvalue weighted by Gasteiger charge is -2.07. The van der Waals surface area contributed by atoms with Gasteiger partial charge in [0.25, 0.3) is 5.91 Å². The number of amides is 1. The summed E-state index contributed by atoms with van der Waals surface area (Å²) in [4.78, 5) is 34.5. The maximum atomic E-state index is 11.1. The van der Waals surface area contributed by atoms with Gasteiger partial charge in [0.1, 0.15) is 5.92 Å². The first kappa shape index (κ1) is 9.70. The molecule has 0 saturated carbocycles. The van der Waals surface area contributed by atoms with Gasteiger partial charge in [-0.05, 0) is 6.92 Å². The number of carbonyl (C=O) groups excluding carboxylic acids is 3. The molecule has 0 radical (unpaired) electrons. The van der Waals surface area contributed by atoms with Gasteiger partial charge in [0.2, 0.25) is 5.78 Å². The van der Waals surface area contributed by atoms with E-state index in [0.717, 1.165) is 0 Å². The maximum absolute atomic E-state index is 11.1. The van der Waals surface area contributed by atoms with E-state index in [1.807, 2.05) is 0 Å². The van der Waals surface area contributed by atoms with Crippen LogP contribution in [0.3, 0.4) is 0 Å². The molecule has 0 bridgehead atoms. The number of likely N-dealkylation sites (N-methyl/N-ethyl adjacent to an activating group) is 1. The average Bonchev–Trinajstić information content (AvgIpc) is 2.33. The van der Waals surface area contributed by atoms with Crippen LogP contribution in [0, 0.1) is 5.92 Å². The molecule has 1 saturated heterocycles. The number of ketones is 1. The largest absolute Gasteiger partial charge is 0.465 e. The van der Waals surface area contributed by atoms with E-state index in [4.69, 9.17) is 0 Å². The summed E-state index contributed by atoms with van der Waals surface area (Å²) in [5, 5.41) is 0. The molecular formula is C8H11NO4. The summed E-state index contributed by atoms with van der Waals surface area (Å²) in [5.41, 5.74) is 0. The summed E-state index contributed by atoms with van der Waals surface area (Å²) >= 11 is 0. The molecule has 1 fully saturated rings. The van der Waals surface area contributed by atoms with Gasteiger partial charge in [-0.25, -0.2) is 0 Å². The average molecular weight is 185 g/mol. The molecule has 0 aromatic heterocycles. The summed E-state index contributed by atoms with van der Waals surface area (Å²) in [7, 11) is 1.49. The van der Waals surface area contributed by atoms with Crippen LogP contribution in [0.1, 0.15) is 6.92 Å². The fourth-order valence-electron chi connectivity index (χ4n) is 1.20. The van der Waals surface area contributed by atoms with Crippen LogP contribution in [0.4, 0.5) is 0 Å². The Bertz CT molecular complexity index is 261. The molecule has 5 nitrogen and oxygen atoms in total. The van der Waals surface area contributed by atoms with E-state index in [1.54, 1.807) is 6.92 Å². The van der Waals surface area contributed by atoms with Gasteiger partial charge >= 0.3 is 5.97 Å². The Hall–Kier alpha value is -1.39. The second-order valence-corrected chi connectivity index (χ2v) is 2.85. The third kappa shape index (κ3) is 1.68. The standard InChI is InChI=1S/C8H11NO4/c1-3-13-8(12)5-4-9(2)7(11)6(5)10/h5H,3-4H2,1-2H3. The van der Waals surface area contributed by atoms with Gasteiger partial charge in [-0.2, -0.15) is 0 Å². The zero-order valence-electron chi connectivity index (χ0n) is 7.57. The summed E-state index contributed by atoms with van der Waals surface area (Å²) in [6.45, 7) is 2.01. The number of Topliss-reactive ketones (excluding diaryl/α,β-unsaturated/α-hetero) is 1. The van der Waals surface area contributed by atoms with E-state index < -0.39 is 23.6 Å². The number of ether oxygens (including phenoxy) is 1. The molecule has 0 aromatic rings. The monoisotopic (exact) mass is 185 g/mol. The Morgan fingerprint density at radius 2 is 2.23 bits per heavy atom. The van der Waals surface area contributed by atoms with Crippen molar-refractivity contribution in [1.82, 2.24) is 4.90 Å². The summed E-state index contributed by atoms with van der Waals surface area (Å²) in [6.07, 6.45) is 0. The zero-order chi connectivity index (χ0) is 10.0. The van der Waals surface area contributed by atoms with Gasteiger partial charge in [0, 0.05) is 13.6 Å². The Morgan fingerprint density at radius 3 is 2.62 bits per heavy atom. The highest BCUT2D eigenvalue weighted by atomic mass is 16.5. The Labute approximate surface area is 75.6 Å². The molecule has 0 aliphatic carbocycles. The van der Waals surface area contributed by atoms with Gasteiger partial charge < -0.3 is 9.64 Å². The van der Waals surface area contributed by atoms with Crippen LogP contribution in [0.25, 0.3) is 0 Å². The molecule has 0 N–H and O–H groups in total. The molecule has 1 unspecified atom stereocenters. The van der Waals surface area contributed by atoms with Crippen LogP contribution in [-0.4, -0.2) is 42.8 Å². The second kappa shape index (κ2) is 3.55. The number of likely N-dealkylation sites (tertiary alicyclic amines) is 1. The SMILES string of the molecule is CCOC(=O)C1CN(C)C(=O)C1=O. The Kier molecular flexibility index (Phi) is 2.65. The molecule has 1 aliphatic rings. The molecule has 13 heavy (non-hydrogen) atoms. The molecule has 1 aliphatic heterocycles. The van der Waals surface area contributed by atoms with Crippen LogP contribution < -0.4 is 0 Å². The van der Waals surface area contributed by atoms with Gasteiger partial charge in [0.05, 0.1) is 6.61 Å². The highest BCUT2D eigenvalue weighted by Gasteiger charge is 2.42. The summed E-state index contributed by atoms with van der Waals surface area (Å²) in [5.74, 6) is -2.80. The molecular weight excluding hydrogens is 174 g/mol. The predicted molar refractivity (Wildman–Crippen MR) is 42.8 cm³/mol. The van der Waals surface area contributed by atoms with E-state index in [-0.39, 0.29) is 13.2 Å². The van der Waals surface area contributed by atoms with Crippen molar-refractivity contribution in [2.24, 2.45) is 5.92 Å². The van der Waals surface area contributed by atoms with Crippen molar-refractivity contribution in [2.75, 3.05) is 20.2 Å². The minimum Gasteiger partial charge on any atom is -0.465 e. The van der Waals surface area contributed by atoms with Gasteiger partial charge in [0.15, 0.2) is 0 Å². The molecule has 0 aromatic carbocycles. The van der Waals surface area contributed by atoms with Crippen molar-refractivity contribution in [3.05, 3.63) is 0 Å². The van der Waals surface area contributed by atoms with Crippen LogP contribution in [0.15, 0.2) is 0 Å². The van der Waals surface area contributed by atoms with E-state index in [1.165, 1.54) is 11.9 Å². The first-order valence-electron chi connectivity index (χ1n) is 4.03. The molecule has 5 heteroatoms. The zero-order valence-corrected chi connectivity index (χ0v) is 7.57. The number of rotatable bonds is 2. The van der Waals surface area contributed by atoms with Crippen LogP contribution in [-0.2, 0) is 19.1 Å². The van der Waals surface area contributed by atoms with Crippen molar-refractivity contribution in [3.8, 4) is 0 Å². The van der Waals surface area contributed by atoms with Crippen molar-refractivity contribution in [2.45, 2.75) is 6.92 Å². The number of esters is 1. The van der Waals surface area contributed by atoms with E-state index in [0.29, 0.717) is 0 Å². The smallest absolute Gasteiger partial charge is 0.318 e. The topological polar surface area (TPSA) is 63.7 Å². The summed E-state index contributed by atoms with van der Waals surface area (Å²) < 4.78 is 4.65. The third-order valence-electron chi connectivity index (χ3n) is 1.90. The predicted octanol–water partition coefficient (Wildman–Crippen LogP) is -0.793. The molecule has 1 amide bonds. The minimum absolute atomic E-state index is 0.135. The number of nitrogens with zero attached hydrogens (tertiary/aromatic N) is 1. The maximum Gasteiger partial charge on any atom is 0.318 e. The summed E-state index contributed by atoms with van der Waals surface area (Å²) in [6, 6.07) is 0. The van der Waals surface area contributed by atoms with Crippen molar-refractivity contribution < 1.29 is 19.1 Å². The van der Waals surface area contributed by atoms with Crippen LogP contribution in [0.2, 0.25) is 0 Å². The van der Waals surface area contributed by atoms with Crippen LogP contribution >= 0.6 is 0 Å². The van der Waals surface area contributed by atoms with Gasteiger partial charge in [-0.15, -0.1) is 0 Å². The van der Waals surface area contributed by atoms with Gasteiger partial charge in [-0.1, -0.05) is 0 Å². The first-order valence-corrected chi connectivity index (χ1v) is 4.03. The third-order valence-corrected chi connectivity index (χ3v) is 1.90. The second-order valence-electron chi connectivity index (χ2n) is 2.85. The molecule has 1 rings (SSSR count). The van der Waals surface area contributed by atoms with Crippen molar-refractivity contribution >= 4 is 17.7 Å². The molecule has 1 heterocycles. The normalized spacial score (nSPS) is 22.3. The van der Waals surface area contributed by atoms with E-state index in [9.17, 15) is 14.4 Å². The highest BCUT2D eigenvalue weighted by Crippen LogP contribution is 2.13. The fraction of sp³-hybridized carbons (Fsp3) is 0.625. The van der Waals surface area contributed by atoms with Crippen molar-refractivity contribution in [1.29, 1.82) is 0 Å². The lowest BCUT2D eigenvalue weighted by molar-refractivity contribution is -0.151. The number of hydrogen-bond donors (Lipinski definition) is 0. The Morgan fingerprint density at radius 1 is 1.62 bits per heavy atom. The van der Waals surface area contributed by atoms with E-state index in [2.05, 4.69) is 4.74 Å². The Balaban J connectivity index is 2.68. The molecule has 1 atom stereocenters. The van der Waals surface area contributed by atoms with E-state index >= 15 is 0 Å². The highest BCUT2D eigenvalue weighted by molar-refractivity contribution is 6.42. The first-order chi connectivity index (χ1) is 6.07. The lowest BCUT2D eigenvalue weighted by atomic mass is 10.1. The fourth-order valence-corrected chi connectivity index (χ4v) is 1.20. The number of carbonyl (C=O) groups is 3.